The fraction of sp³-hybridized carbons (Fsp3) is 0.533. The minimum absolute atomic E-state index is 0.112. The van der Waals surface area contributed by atoms with Gasteiger partial charge in [0.05, 0.1) is 12.0 Å². The Labute approximate surface area is 178 Å². The van der Waals surface area contributed by atoms with Crippen molar-refractivity contribution in [1.29, 1.82) is 5.41 Å². The molecule has 14 N–H and O–H groups in total. The molecule has 0 bridgehead atoms. The summed E-state index contributed by atoms with van der Waals surface area (Å²) in [7, 11) is 0. The highest BCUT2D eigenvalue weighted by Gasteiger charge is 2.12. The average Bonchev–Trinajstić information content (AvgIpc) is 3.17. The van der Waals surface area contributed by atoms with Gasteiger partial charge < -0.3 is 48.6 Å². The molecule has 1 heterocycles. The van der Waals surface area contributed by atoms with Gasteiger partial charge in [-0.2, -0.15) is 12.6 Å². The number of imidazole rings is 1. The average molecular weight is 451 g/mol. The van der Waals surface area contributed by atoms with Gasteiger partial charge in [0, 0.05) is 24.9 Å². The monoisotopic (exact) mass is 450 g/mol. The normalized spacial score (nSPS) is 12.7. The molecule has 1 aromatic heterocycles. The van der Waals surface area contributed by atoms with E-state index < -0.39 is 36.0 Å². The van der Waals surface area contributed by atoms with Crippen LogP contribution in [0.5, 0.6) is 0 Å². The van der Waals surface area contributed by atoms with Gasteiger partial charge in [-0.05, 0) is 12.8 Å². The Balaban J connectivity index is 0. The van der Waals surface area contributed by atoms with Crippen LogP contribution in [0.3, 0.4) is 0 Å². The third kappa shape index (κ3) is 17.2. The number of thiol groups is 1. The van der Waals surface area contributed by atoms with Crippen LogP contribution < -0.4 is 28.3 Å². The number of nitrogens with one attached hydrogen (secondary N) is 3. The molecule has 0 aliphatic carbocycles. The molecule has 0 saturated carbocycles. The predicted molar refractivity (Wildman–Crippen MR) is 112 cm³/mol. The first-order chi connectivity index (χ1) is 13.9. The number of aromatic nitrogens is 2. The molecule has 0 radical (unpaired) electrons. The number of aromatic amines is 1. The minimum atomic E-state index is -1.01. The summed E-state index contributed by atoms with van der Waals surface area (Å²) in [5.41, 5.74) is 21.1. The molecule has 14 nitrogen and oxygen atoms in total. The van der Waals surface area contributed by atoms with Crippen molar-refractivity contribution in [3.05, 3.63) is 18.2 Å². The Morgan fingerprint density at radius 1 is 1.10 bits per heavy atom. The van der Waals surface area contributed by atoms with Gasteiger partial charge in [-0.25, -0.2) is 4.98 Å². The number of carbonyl (C=O) groups is 3. The predicted octanol–water partition coefficient (Wildman–Crippen LogP) is -2.65. The summed E-state index contributed by atoms with van der Waals surface area (Å²) in [5.74, 6) is -2.94. The van der Waals surface area contributed by atoms with Gasteiger partial charge in [-0.1, -0.05) is 0 Å². The third-order valence-corrected chi connectivity index (χ3v) is 3.53. The number of carboxylic acids is 3. The maximum Gasteiger partial charge on any atom is 0.321 e. The molecule has 172 valence electrons. The number of aliphatic carboxylic acids is 3. The lowest BCUT2D eigenvalue weighted by Gasteiger charge is -2.06. The van der Waals surface area contributed by atoms with Crippen LogP contribution in [0.1, 0.15) is 18.5 Å². The van der Waals surface area contributed by atoms with E-state index in [9.17, 15) is 14.4 Å². The van der Waals surface area contributed by atoms with Crippen molar-refractivity contribution in [2.75, 3.05) is 12.3 Å². The molecule has 0 aromatic carbocycles. The van der Waals surface area contributed by atoms with Gasteiger partial charge in [0.1, 0.15) is 18.1 Å². The van der Waals surface area contributed by atoms with E-state index in [0.717, 1.165) is 0 Å². The minimum Gasteiger partial charge on any atom is -0.480 e. The van der Waals surface area contributed by atoms with Crippen LogP contribution in [0, 0.1) is 5.41 Å². The molecule has 1 rings (SSSR count). The number of hydrogen-bond donors (Lipinski definition) is 11. The van der Waals surface area contributed by atoms with E-state index >= 15 is 0 Å². The first-order valence-electron chi connectivity index (χ1n) is 8.53. The Morgan fingerprint density at radius 3 is 1.97 bits per heavy atom. The molecule has 0 amide bonds. The van der Waals surface area contributed by atoms with Crippen molar-refractivity contribution in [3.8, 4) is 0 Å². The summed E-state index contributed by atoms with van der Waals surface area (Å²) in [6, 6.07) is -2.50. The summed E-state index contributed by atoms with van der Waals surface area (Å²) in [5, 5.41) is 34.1. The molecule has 0 saturated heterocycles. The molecule has 30 heavy (non-hydrogen) atoms. The van der Waals surface area contributed by atoms with Gasteiger partial charge in [0.25, 0.3) is 0 Å². The fourth-order valence-corrected chi connectivity index (χ4v) is 1.62. The number of guanidine groups is 1. The van der Waals surface area contributed by atoms with E-state index in [1.807, 2.05) is 0 Å². The van der Waals surface area contributed by atoms with E-state index in [0.29, 0.717) is 25.1 Å². The van der Waals surface area contributed by atoms with E-state index in [1.165, 1.54) is 6.33 Å². The smallest absolute Gasteiger partial charge is 0.321 e. The maximum atomic E-state index is 10.3. The lowest BCUT2D eigenvalue weighted by atomic mass is 10.2. The van der Waals surface area contributed by atoms with Crippen LogP contribution in [0.2, 0.25) is 0 Å². The highest BCUT2D eigenvalue weighted by atomic mass is 32.1. The van der Waals surface area contributed by atoms with Crippen LogP contribution in [-0.4, -0.2) is 79.6 Å². The standard InChI is InChI=1S/C6H14N4O2.C6H9N3O2.C3H7NO2S/c7-4(5(11)12)2-1-3-10-6(8)9;7-5(6(10)11)1-4-2-8-3-9-4;4-2(1-7)3(5)6/h4H,1-3,7H2,(H,11,12)(H4,8,9,10);2-3,5H,1,7H2,(H,8,9)(H,10,11);2,7H,1,4H2,(H,5,6). The van der Waals surface area contributed by atoms with Crippen LogP contribution in [0.4, 0.5) is 0 Å². The molecule has 0 aliphatic heterocycles. The van der Waals surface area contributed by atoms with Crippen molar-refractivity contribution in [2.45, 2.75) is 37.4 Å². The van der Waals surface area contributed by atoms with Crippen LogP contribution >= 0.6 is 12.6 Å². The number of H-pyrrole nitrogens is 1. The summed E-state index contributed by atoms with van der Waals surface area (Å²) >= 11 is 3.65. The summed E-state index contributed by atoms with van der Waals surface area (Å²) < 4.78 is 0. The molecule has 3 atom stereocenters. The van der Waals surface area contributed by atoms with Gasteiger partial charge in [-0.15, -0.1) is 0 Å². The highest BCUT2D eigenvalue weighted by Crippen LogP contribution is 1.95. The molecule has 0 aliphatic rings. The van der Waals surface area contributed by atoms with E-state index in [2.05, 4.69) is 27.9 Å². The zero-order valence-corrected chi connectivity index (χ0v) is 17.1. The van der Waals surface area contributed by atoms with Crippen LogP contribution in [0.15, 0.2) is 12.5 Å². The number of nitrogens with zero attached hydrogens (tertiary/aromatic N) is 1. The molecule has 1 aromatic rings. The van der Waals surface area contributed by atoms with Crippen LogP contribution in [-0.2, 0) is 20.8 Å². The first kappa shape index (κ1) is 29.3. The Hall–Kier alpha value is -2.88. The van der Waals surface area contributed by atoms with Crippen molar-refractivity contribution < 1.29 is 29.7 Å². The summed E-state index contributed by atoms with van der Waals surface area (Å²) in [6.07, 6.45) is 4.36. The summed E-state index contributed by atoms with van der Waals surface area (Å²) in [6.45, 7) is 0.482. The maximum absolute atomic E-state index is 10.3. The second kappa shape index (κ2) is 17.0. The van der Waals surface area contributed by atoms with Crippen molar-refractivity contribution in [3.63, 3.8) is 0 Å². The Bertz CT molecular complexity index is 645. The third-order valence-electron chi connectivity index (χ3n) is 3.14. The van der Waals surface area contributed by atoms with Gasteiger partial charge in [-0.3, -0.25) is 19.8 Å². The van der Waals surface area contributed by atoms with Crippen molar-refractivity contribution >= 4 is 36.5 Å². The SMILES string of the molecule is N=C(N)NCCCC(N)C(=O)O.NC(CS)C(=O)O.NC(Cc1c[nH]cn1)C(=O)O. The van der Waals surface area contributed by atoms with Crippen LogP contribution in [0.25, 0.3) is 0 Å². The topological polar surface area (TPSA) is 281 Å². The second-order valence-electron chi connectivity index (χ2n) is 5.76. The largest absolute Gasteiger partial charge is 0.480 e. The molecule has 0 fully saturated rings. The van der Waals surface area contributed by atoms with Gasteiger partial charge in [0.2, 0.25) is 0 Å². The molecular weight excluding hydrogens is 420 g/mol. The lowest BCUT2D eigenvalue weighted by Crippen LogP contribution is -2.34. The first-order valence-corrected chi connectivity index (χ1v) is 9.17. The lowest BCUT2D eigenvalue weighted by molar-refractivity contribution is -0.139. The van der Waals surface area contributed by atoms with E-state index in [4.69, 9.17) is 43.7 Å². The van der Waals surface area contributed by atoms with Crippen molar-refractivity contribution in [2.24, 2.45) is 22.9 Å². The molecule has 3 unspecified atom stereocenters. The number of rotatable bonds is 10. The number of carboxylic acid groups (broad SMARTS) is 3. The Morgan fingerprint density at radius 2 is 1.63 bits per heavy atom. The van der Waals surface area contributed by atoms with Gasteiger partial charge >= 0.3 is 17.9 Å². The Kier molecular flexibility index (Phi) is 16.6. The number of nitrogens with two attached hydrogens (primary N) is 4. The molecule has 0 spiro atoms. The zero-order valence-electron chi connectivity index (χ0n) is 16.2. The molecular formula is C15H30N8O6S. The molecule has 15 heteroatoms. The zero-order chi connectivity index (χ0) is 23.7. The van der Waals surface area contributed by atoms with Crippen molar-refractivity contribution in [1.82, 2.24) is 15.3 Å². The second-order valence-corrected chi connectivity index (χ2v) is 6.13. The quantitative estimate of drug-likeness (QED) is 0.0754. The van der Waals surface area contributed by atoms with Gasteiger partial charge in [0.15, 0.2) is 5.96 Å². The van der Waals surface area contributed by atoms with E-state index in [1.54, 1.807) is 6.20 Å². The fourth-order valence-electron chi connectivity index (χ4n) is 1.46. The number of hydrogen-bond acceptors (Lipinski definition) is 9. The summed E-state index contributed by atoms with van der Waals surface area (Å²) in [4.78, 5) is 36.8. The van der Waals surface area contributed by atoms with E-state index in [-0.39, 0.29) is 18.1 Å². The highest BCUT2D eigenvalue weighted by molar-refractivity contribution is 7.80.